The summed E-state index contributed by atoms with van der Waals surface area (Å²) >= 11 is 0. The largest absolute Gasteiger partial charge is 0.307 e. The first-order valence-corrected chi connectivity index (χ1v) is 9.91. The maximum absolute atomic E-state index is 12.4. The highest BCUT2D eigenvalue weighted by molar-refractivity contribution is 7.93. The minimum absolute atomic E-state index is 0.176. The van der Waals surface area contributed by atoms with E-state index < -0.39 is 10.0 Å². The van der Waals surface area contributed by atoms with Gasteiger partial charge in [-0.25, -0.2) is 13.1 Å². The molecule has 0 radical (unpaired) electrons. The second kappa shape index (κ2) is 6.87. The third kappa shape index (κ3) is 3.84. The molecule has 3 rings (SSSR count). The third-order valence-corrected chi connectivity index (χ3v) is 5.88. The zero-order valence-corrected chi connectivity index (χ0v) is 15.2. The SMILES string of the molecule is CC(C)Cn1nccc1NC(=O)c1ccc(N2CCCS2(=O)=O)cc1. The van der Waals surface area contributed by atoms with Crippen LogP contribution in [0.2, 0.25) is 0 Å². The number of anilines is 2. The van der Waals surface area contributed by atoms with Crippen LogP contribution in [-0.2, 0) is 16.6 Å². The van der Waals surface area contributed by atoms with E-state index in [2.05, 4.69) is 24.3 Å². The number of nitrogens with zero attached hydrogens (tertiary/aromatic N) is 3. The molecule has 0 aliphatic carbocycles. The lowest BCUT2D eigenvalue weighted by atomic mass is 10.2. The lowest BCUT2D eigenvalue weighted by Gasteiger charge is -2.17. The van der Waals surface area contributed by atoms with Crippen LogP contribution in [0.4, 0.5) is 11.5 Å². The van der Waals surface area contributed by atoms with E-state index in [4.69, 9.17) is 0 Å². The monoisotopic (exact) mass is 362 g/mol. The predicted molar refractivity (Wildman–Crippen MR) is 97.2 cm³/mol. The lowest BCUT2D eigenvalue weighted by molar-refractivity contribution is 0.102. The average molecular weight is 362 g/mol. The number of hydrogen-bond acceptors (Lipinski definition) is 4. The zero-order chi connectivity index (χ0) is 18.0. The van der Waals surface area contributed by atoms with Crippen molar-refractivity contribution < 1.29 is 13.2 Å². The smallest absolute Gasteiger partial charge is 0.256 e. The van der Waals surface area contributed by atoms with Crippen molar-refractivity contribution in [3.8, 4) is 0 Å². The van der Waals surface area contributed by atoms with Crippen LogP contribution in [0.5, 0.6) is 0 Å². The van der Waals surface area contributed by atoms with Crippen molar-refractivity contribution in [2.45, 2.75) is 26.8 Å². The molecule has 1 aliphatic heterocycles. The first-order chi connectivity index (χ1) is 11.9. The van der Waals surface area contributed by atoms with Gasteiger partial charge in [-0.3, -0.25) is 9.10 Å². The number of sulfonamides is 1. The molecule has 1 saturated heterocycles. The van der Waals surface area contributed by atoms with Crippen LogP contribution in [0.15, 0.2) is 36.5 Å². The minimum Gasteiger partial charge on any atom is -0.307 e. The van der Waals surface area contributed by atoms with Gasteiger partial charge in [-0.1, -0.05) is 13.8 Å². The number of benzene rings is 1. The number of amides is 1. The van der Waals surface area contributed by atoms with E-state index in [-0.39, 0.29) is 11.7 Å². The van der Waals surface area contributed by atoms with Gasteiger partial charge in [0.15, 0.2) is 0 Å². The van der Waals surface area contributed by atoms with Crippen molar-refractivity contribution in [1.82, 2.24) is 9.78 Å². The summed E-state index contributed by atoms with van der Waals surface area (Å²) in [6.45, 7) is 5.37. The molecule has 1 fully saturated rings. The first kappa shape index (κ1) is 17.5. The van der Waals surface area contributed by atoms with E-state index in [1.165, 1.54) is 4.31 Å². The summed E-state index contributed by atoms with van der Waals surface area (Å²) in [4.78, 5) is 12.4. The molecule has 8 heteroatoms. The van der Waals surface area contributed by atoms with Crippen molar-refractivity contribution >= 4 is 27.4 Å². The standard InChI is InChI=1S/C17H22N4O3S/c1-13(2)12-20-16(8-9-18-20)19-17(22)14-4-6-15(7-5-14)21-10-3-11-25(21,23)24/h4-9,13H,3,10-12H2,1-2H3,(H,19,22). The molecular formula is C17H22N4O3S. The fourth-order valence-electron chi connectivity index (χ4n) is 2.83. The summed E-state index contributed by atoms with van der Waals surface area (Å²) in [6.07, 6.45) is 2.28. The maximum atomic E-state index is 12.4. The van der Waals surface area contributed by atoms with Crippen LogP contribution in [0.1, 0.15) is 30.6 Å². The van der Waals surface area contributed by atoms with Gasteiger partial charge in [0, 0.05) is 24.7 Å². The van der Waals surface area contributed by atoms with Gasteiger partial charge in [0.25, 0.3) is 5.91 Å². The molecule has 2 aromatic rings. The topological polar surface area (TPSA) is 84.3 Å². The number of rotatable bonds is 5. The van der Waals surface area contributed by atoms with Crippen LogP contribution in [0.25, 0.3) is 0 Å². The second-order valence-electron chi connectivity index (χ2n) is 6.54. The zero-order valence-electron chi connectivity index (χ0n) is 14.3. The first-order valence-electron chi connectivity index (χ1n) is 8.30. The molecule has 2 heterocycles. The van der Waals surface area contributed by atoms with E-state index in [9.17, 15) is 13.2 Å². The molecule has 0 bridgehead atoms. The molecule has 25 heavy (non-hydrogen) atoms. The summed E-state index contributed by atoms with van der Waals surface area (Å²) < 4.78 is 27.1. The highest BCUT2D eigenvalue weighted by Crippen LogP contribution is 2.24. The molecule has 7 nitrogen and oxygen atoms in total. The number of aromatic nitrogens is 2. The molecular weight excluding hydrogens is 340 g/mol. The van der Waals surface area contributed by atoms with Crippen LogP contribution >= 0.6 is 0 Å². The lowest BCUT2D eigenvalue weighted by Crippen LogP contribution is -2.25. The summed E-state index contributed by atoms with van der Waals surface area (Å²) in [6, 6.07) is 8.38. The Balaban J connectivity index is 1.72. The Bertz CT molecular complexity index is 856. The van der Waals surface area contributed by atoms with E-state index in [1.807, 2.05) is 0 Å². The Morgan fingerprint density at radius 2 is 1.96 bits per heavy atom. The van der Waals surface area contributed by atoms with Crippen molar-refractivity contribution in [3.63, 3.8) is 0 Å². The highest BCUT2D eigenvalue weighted by Gasteiger charge is 2.28. The van der Waals surface area contributed by atoms with Gasteiger partial charge in [-0.05, 0) is 36.6 Å². The number of carbonyl (C=O) groups excluding carboxylic acids is 1. The summed E-state index contributed by atoms with van der Waals surface area (Å²) in [5, 5.41) is 7.06. The Kier molecular flexibility index (Phi) is 4.80. The average Bonchev–Trinajstić information content (AvgIpc) is 3.13. The Morgan fingerprint density at radius 3 is 2.56 bits per heavy atom. The van der Waals surface area contributed by atoms with Gasteiger partial charge in [-0.15, -0.1) is 0 Å². The minimum atomic E-state index is -3.21. The van der Waals surface area contributed by atoms with Gasteiger partial charge in [-0.2, -0.15) is 5.10 Å². The summed E-state index contributed by atoms with van der Waals surface area (Å²) in [5.74, 6) is 0.984. The van der Waals surface area contributed by atoms with E-state index in [0.717, 1.165) is 0 Å². The quantitative estimate of drug-likeness (QED) is 0.885. The third-order valence-electron chi connectivity index (χ3n) is 4.01. The normalized spacial score (nSPS) is 16.4. The second-order valence-corrected chi connectivity index (χ2v) is 8.55. The molecule has 0 saturated carbocycles. The summed E-state index contributed by atoms with van der Waals surface area (Å²) in [5.41, 5.74) is 1.07. The molecule has 1 N–H and O–H groups in total. The molecule has 1 aromatic heterocycles. The van der Waals surface area contributed by atoms with Gasteiger partial charge in [0.2, 0.25) is 10.0 Å². The number of hydrogen-bond donors (Lipinski definition) is 1. The summed E-state index contributed by atoms with van der Waals surface area (Å²) in [7, 11) is -3.21. The predicted octanol–water partition coefficient (Wildman–Crippen LogP) is 2.33. The molecule has 0 atom stereocenters. The highest BCUT2D eigenvalue weighted by atomic mass is 32.2. The van der Waals surface area contributed by atoms with Gasteiger partial charge in [0.1, 0.15) is 5.82 Å². The van der Waals surface area contributed by atoms with Crippen molar-refractivity contribution in [1.29, 1.82) is 0 Å². The maximum Gasteiger partial charge on any atom is 0.256 e. The van der Waals surface area contributed by atoms with Gasteiger partial charge < -0.3 is 5.32 Å². The Morgan fingerprint density at radius 1 is 1.24 bits per heavy atom. The molecule has 134 valence electrons. The van der Waals surface area contributed by atoms with Crippen LogP contribution in [-0.4, -0.2) is 36.4 Å². The van der Waals surface area contributed by atoms with Crippen molar-refractivity contribution in [2.24, 2.45) is 5.92 Å². The molecule has 1 aliphatic rings. The van der Waals surface area contributed by atoms with Crippen molar-refractivity contribution in [3.05, 3.63) is 42.1 Å². The van der Waals surface area contributed by atoms with E-state index >= 15 is 0 Å². The van der Waals surface area contributed by atoms with Crippen molar-refractivity contribution in [2.75, 3.05) is 21.9 Å². The van der Waals surface area contributed by atoms with E-state index in [0.29, 0.717) is 42.5 Å². The van der Waals surface area contributed by atoms with Crippen LogP contribution < -0.4 is 9.62 Å². The van der Waals surface area contributed by atoms with Gasteiger partial charge >= 0.3 is 0 Å². The fourth-order valence-corrected chi connectivity index (χ4v) is 4.39. The van der Waals surface area contributed by atoms with Gasteiger partial charge in [0.05, 0.1) is 17.6 Å². The van der Waals surface area contributed by atoms with E-state index in [1.54, 1.807) is 41.2 Å². The fraction of sp³-hybridized carbons (Fsp3) is 0.412. The number of nitrogens with one attached hydrogen (secondary N) is 1. The Hall–Kier alpha value is -2.35. The molecule has 0 unspecified atom stereocenters. The van der Waals surface area contributed by atoms with Crippen LogP contribution in [0.3, 0.4) is 0 Å². The Labute approximate surface area is 147 Å². The molecule has 0 spiro atoms. The van der Waals surface area contributed by atoms with Crippen LogP contribution in [0, 0.1) is 5.92 Å². The number of carbonyl (C=O) groups is 1. The molecule has 1 amide bonds. The molecule has 1 aromatic carbocycles.